The first-order valence-corrected chi connectivity index (χ1v) is 9.90. The Kier molecular flexibility index (Phi) is 7.70. The Morgan fingerprint density at radius 2 is 1.71 bits per heavy atom. The van der Waals surface area contributed by atoms with E-state index in [-0.39, 0.29) is 9.41 Å². The Labute approximate surface area is 139 Å². The molecule has 2 aliphatic carbocycles. The van der Waals surface area contributed by atoms with Gasteiger partial charge in [0.1, 0.15) is 0 Å². The number of allylic oxidation sites excluding steroid dienone is 8. The maximum atomic E-state index is 2.43. The normalized spacial score (nSPS) is 19.7. The third-order valence-electron chi connectivity index (χ3n) is 4.89. The van der Waals surface area contributed by atoms with Crippen molar-refractivity contribution in [3.05, 3.63) is 41.0 Å². The Morgan fingerprint density at radius 3 is 2.19 bits per heavy atom. The Morgan fingerprint density at radius 1 is 1.10 bits per heavy atom. The second-order valence-electron chi connectivity index (χ2n) is 6.36. The van der Waals surface area contributed by atoms with Gasteiger partial charge in [-0.15, -0.1) is 0 Å². The molecule has 0 saturated heterocycles. The molecule has 2 rings (SSSR count). The van der Waals surface area contributed by atoms with Gasteiger partial charge in [-0.2, -0.15) is 0 Å². The van der Waals surface area contributed by atoms with Gasteiger partial charge < -0.3 is 9.41 Å². The molecule has 0 aromatic rings. The summed E-state index contributed by atoms with van der Waals surface area (Å²) in [5, 5.41) is 0. The molecule has 0 radical (unpaired) electrons. The molecule has 0 nitrogen and oxygen atoms in total. The molecule has 0 bridgehead atoms. The van der Waals surface area contributed by atoms with Crippen LogP contribution in [0.3, 0.4) is 0 Å². The van der Waals surface area contributed by atoms with Crippen LogP contribution in [0.15, 0.2) is 41.0 Å². The number of rotatable bonds is 4. The molecule has 3 heteroatoms. The monoisotopic (exact) mass is 370 g/mol. The molecule has 0 saturated carbocycles. The van der Waals surface area contributed by atoms with E-state index in [1.165, 1.54) is 19.3 Å². The van der Waals surface area contributed by atoms with E-state index < -0.39 is 23.2 Å². The minimum atomic E-state index is -0.586. The predicted octanol–water partition coefficient (Wildman–Crippen LogP) is -0.259. The first-order chi connectivity index (χ1) is 8.89. The Balaban J connectivity index is 0.00000200. The zero-order chi connectivity index (χ0) is 14.2. The van der Waals surface area contributed by atoms with E-state index in [1.54, 1.807) is 22.3 Å². The van der Waals surface area contributed by atoms with Crippen LogP contribution in [0.5, 0.6) is 0 Å². The van der Waals surface area contributed by atoms with Crippen LogP contribution in [0.4, 0.5) is 0 Å². The summed E-state index contributed by atoms with van der Waals surface area (Å²) in [7, 11) is 0. The SMILES string of the molecule is CCCC1=[C]([Zr+2][C]2=C(C)C(C)=C(C)C2(C)C)CC=C1.[F-].[F-]. The van der Waals surface area contributed by atoms with Gasteiger partial charge in [0, 0.05) is 0 Å². The Hall–Kier alpha value is -0.297. The minimum absolute atomic E-state index is 0. The van der Waals surface area contributed by atoms with Crippen molar-refractivity contribution in [1.82, 2.24) is 0 Å². The summed E-state index contributed by atoms with van der Waals surface area (Å²) in [5.41, 5.74) is 6.78. The van der Waals surface area contributed by atoms with Crippen LogP contribution < -0.4 is 9.41 Å². The summed E-state index contributed by atoms with van der Waals surface area (Å²) in [6.45, 7) is 14.2. The van der Waals surface area contributed by atoms with Crippen LogP contribution in [0.2, 0.25) is 0 Å². The van der Waals surface area contributed by atoms with Gasteiger partial charge in [0.2, 0.25) is 0 Å². The van der Waals surface area contributed by atoms with Crippen LogP contribution in [0, 0.1) is 5.41 Å². The molecule has 0 amide bonds. The molecule has 0 aromatic carbocycles. The topological polar surface area (TPSA) is 0 Å². The molecule has 0 aliphatic heterocycles. The fourth-order valence-electron chi connectivity index (χ4n) is 3.18. The van der Waals surface area contributed by atoms with E-state index in [0.717, 1.165) is 0 Å². The fourth-order valence-corrected chi connectivity index (χ4v) is 7.52. The van der Waals surface area contributed by atoms with E-state index in [4.69, 9.17) is 0 Å². The largest absolute Gasteiger partial charge is 1.00 e. The molecule has 0 spiro atoms. The molecular weight excluding hydrogens is 345 g/mol. The van der Waals surface area contributed by atoms with Crippen molar-refractivity contribution in [3.8, 4) is 0 Å². The van der Waals surface area contributed by atoms with Crippen molar-refractivity contribution in [2.45, 2.75) is 60.8 Å². The van der Waals surface area contributed by atoms with Crippen molar-refractivity contribution in [2.24, 2.45) is 5.41 Å². The molecule has 0 unspecified atom stereocenters. The van der Waals surface area contributed by atoms with Crippen molar-refractivity contribution in [1.29, 1.82) is 0 Å². The zero-order valence-corrected chi connectivity index (χ0v) is 16.5. The van der Waals surface area contributed by atoms with E-state index in [2.05, 4.69) is 53.7 Å². The van der Waals surface area contributed by atoms with Gasteiger partial charge in [-0.1, -0.05) is 0 Å². The summed E-state index contributed by atoms with van der Waals surface area (Å²) in [5.74, 6) is 0. The number of halogens is 2. The second-order valence-corrected chi connectivity index (χ2v) is 9.69. The second kappa shape index (κ2) is 7.81. The van der Waals surface area contributed by atoms with Gasteiger partial charge in [-0.05, 0) is 0 Å². The quantitative estimate of drug-likeness (QED) is 0.639. The fraction of sp³-hybridized carbons (Fsp3) is 0.556. The van der Waals surface area contributed by atoms with Crippen LogP contribution in [0.25, 0.3) is 0 Å². The molecule has 0 heterocycles. The van der Waals surface area contributed by atoms with Crippen molar-refractivity contribution >= 4 is 0 Å². The minimum Gasteiger partial charge on any atom is -1.00 e. The van der Waals surface area contributed by atoms with Gasteiger partial charge >= 0.3 is 130 Å². The van der Waals surface area contributed by atoms with Crippen LogP contribution >= 0.6 is 0 Å². The molecule has 2 aliphatic rings. The van der Waals surface area contributed by atoms with Crippen LogP contribution in [-0.4, -0.2) is 0 Å². The maximum Gasteiger partial charge on any atom is -1.00 e. The standard InChI is InChI=1S/C10H15.C8H11.2FH.Zr/c1-7-6-10(4,5)9(3)8(7)2;1-2-5-8-6-3-4-7-8;;;/h1-5H3;3,6H,2,4-5H2,1H3;2*1H;/q;;;;+2/p-2. The van der Waals surface area contributed by atoms with Gasteiger partial charge in [-0.3, -0.25) is 0 Å². The third-order valence-corrected chi connectivity index (χ3v) is 9.99. The smallest absolute Gasteiger partial charge is 1.00 e. The van der Waals surface area contributed by atoms with Gasteiger partial charge in [-0.25, -0.2) is 0 Å². The molecule has 0 aromatic heterocycles. The van der Waals surface area contributed by atoms with Gasteiger partial charge in [0.05, 0.1) is 0 Å². The average Bonchev–Trinajstić information content (AvgIpc) is 2.85. The number of hydrogen-bond donors (Lipinski definition) is 0. The summed E-state index contributed by atoms with van der Waals surface area (Å²) in [6.07, 6.45) is 8.58. The maximum absolute atomic E-state index is 2.43. The molecule has 116 valence electrons. The first-order valence-electron chi connectivity index (χ1n) is 7.44. The molecule has 0 N–H and O–H groups in total. The third kappa shape index (κ3) is 3.73. The van der Waals surface area contributed by atoms with E-state index in [9.17, 15) is 0 Å². The number of hydrogen-bond acceptors (Lipinski definition) is 0. The van der Waals surface area contributed by atoms with Crippen molar-refractivity contribution in [3.63, 3.8) is 0 Å². The first kappa shape index (κ1) is 20.7. The average molecular weight is 372 g/mol. The summed E-state index contributed by atoms with van der Waals surface area (Å²) >= 11 is -0.586. The molecular formula is C18H26F2Zr. The summed E-state index contributed by atoms with van der Waals surface area (Å²) in [6, 6.07) is 0. The van der Waals surface area contributed by atoms with Crippen LogP contribution in [0.1, 0.15) is 60.8 Å². The zero-order valence-electron chi connectivity index (χ0n) is 14.0. The van der Waals surface area contributed by atoms with Gasteiger partial charge in [0.15, 0.2) is 0 Å². The predicted molar refractivity (Wildman–Crippen MR) is 80.5 cm³/mol. The molecule has 0 atom stereocenters. The summed E-state index contributed by atoms with van der Waals surface area (Å²) in [4.78, 5) is 0. The van der Waals surface area contributed by atoms with E-state index in [1.807, 2.05) is 6.56 Å². The van der Waals surface area contributed by atoms with Crippen LogP contribution in [-0.2, 0) is 23.2 Å². The summed E-state index contributed by atoms with van der Waals surface area (Å²) < 4.78 is 3.65. The van der Waals surface area contributed by atoms with E-state index in [0.29, 0.717) is 5.41 Å². The van der Waals surface area contributed by atoms with E-state index >= 15 is 0 Å². The Bertz CT molecular complexity index is 519. The molecule has 0 fully saturated rings. The molecule has 21 heavy (non-hydrogen) atoms. The van der Waals surface area contributed by atoms with Gasteiger partial charge in [0.25, 0.3) is 0 Å². The van der Waals surface area contributed by atoms with Crippen molar-refractivity contribution < 1.29 is 32.6 Å². The van der Waals surface area contributed by atoms with Crippen molar-refractivity contribution in [2.75, 3.05) is 0 Å².